The lowest BCUT2D eigenvalue weighted by Crippen LogP contribution is -2.38. The average Bonchev–Trinajstić information content (AvgIpc) is 3.40. The van der Waals surface area contributed by atoms with Gasteiger partial charge in [0.2, 0.25) is 0 Å². The van der Waals surface area contributed by atoms with Gasteiger partial charge < -0.3 is 15.4 Å². The number of esters is 1. The molecule has 1 saturated carbocycles. The molecule has 1 aliphatic rings. The average molecular weight is 538 g/mol. The summed E-state index contributed by atoms with van der Waals surface area (Å²) >= 11 is 3.67. The Morgan fingerprint density at radius 1 is 1.27 bits per heavy atom. The summed E-state index contributed by atoms with van der Waals surface area (Å²) in [5.41, 5.74) is 1.53. The lowest BCUT2D eigenvalue weighted by molar-refractivity contribution is -0.140. The first kappa shape index (κ1) is 23.2. The van der Waals surface area contributed by atoms with Crippen LogP contribution in [0.3, 0.4) is 0 Å². The highest BCUT2D eigenvalue weighted by atomic mass is 127. The maximum absolute atomic E-state index is 11.1. The molecule has 1 fully saturated rings. The summed E-state index contributed by atoms with van der Waals surface area (Å²) in [4.78, 5) is 15.9. The number of unbranched alkanes of at least 4 members (excludes halogenated alkanes) is 1. The molecule has 0 saturated heterocycles. The normalized spacial score (nSPS) is 15.0. The number of benzene rings is 1. The van der Waals surface area contributed by atoms with Gasteiger partial charge in [0.05, 0.1) is 13.7 Å². The summed E-state index contributed by atoms with van der Waals surface area (Å²) in [6, 6.07) is 8.44. The summed E-state index contributed by atoms with van der Waals surface area (Å²) in [6.45, 7) is 4.48. The molecular formula is C19H29BrIN3O2. The van der Waals surface area contributed by atoms with Crippen molar-refractivity contribution < 1.29 is 9.53 Å². The molecule has 0 atom stereocenters. The van der Waals surface area contributed by atoms with Gasteiger partial charge in [0.15, 0.2) is 5.96 Å². The van der Waals surface area contributed by atoms with Crippen molar-refractivity contribution in [1.82, 2.24) is 10.6 Å². The Morgan fingerprint density at radius 3 is 2.62 bits per heavy atom. The molecule has 0 unspecified atom stereocenters. The quantitative estimate of drug-likeness (QED) is 0.164. The molecule has 7 heteroatoms. The zero-order valence-electron chi connectivity index (χ0n) is 15.5. The van der Waals surface area contributed by atoms with Crippen molar-refractivity contribution in [3.05, 3.63) is 34.3 Å². The molecule has 0 bridgehead atoms. The van der Waals surface area contributed by atoms with E-state index in [2.05, 4.69) is 56.4 Å². The number of methoxy groups -OCH3 is 1. The van der Waals surface area contributed by atoms with Gasteiger partial charge in [-0.25, -0.2) is 0 Å². The van der Waals surface area contributed by atoms with Crippen molar-refractivity contribution in [1.29, 1.82) is 0 Å². The molecule has 146 valence electrons. The second kappa shape index (κ2) is 11.8. The largest absolute Gasteiger partial charge is 0.469 e. The van der Waals surface area contributed by atoms with Crippen LogP contribution >= 0.6 is 39.9 Å². The molecule has 5 nitrogen and oxygen atoms in total. The number of nitrogens with zero attached hydrogens (tertiary/aromatic N) is 1. The van der Waals surface area contributed by atoms with E-state index in [-0.39, 0.29) is 35.4 Å². The van der Waals surface area contributed by atoms with Crippen molar-refractivity contribution in [2.45, 2.75) is 44.4 Å². The summed E-state index contributed by atoms with van der Waals surface area (Å²) < 4.78 is 5.82. The lowest BCUT2D eigenvalue weighted by Gasteiger charge is -2.17. The van der Waals surface area contributed by atoms with Crippen molar-refractivity contribution in [2.24, 2.45) is 4.99 Å². The van der Waals surface area contributed by atoms with E-state index in [0.717, 1.165) is 38.4 Å². The van der Waals surface area contributed by atoms with Gasteiger partial charge in [0.1, 0.15) is 0 Å². The topological polar surface area (TPSA) is 62.7 Å². The number of halogens is 2. The fourth-order valence-electron chi connectivity index (χ4n) is 2.83. The van der Waals surface area contributed by atoms with Crippen molar-refractivity contribution in [3.63, 3.8) is 0 Å². The molecule has 2 N–H and O–H groups in total. The zero-order chi connectivity index (χ0) is 18.1. The van der Waals surface area contributed by atoms with Gasteiger partial charge in [-0.2, -0.15) is 0 Å². The van der Waals surface area contributed by atoms with Crippen LogP contribution < -0.4 is 10.6 Å². The van der Waals surface area contributed by atoms with E-state index in [1.165, 1.54) is 30.0 Å². The van der Waals surface area contributed by atoms with Crippen molar-refractivity contribution >= 4 is 51.8 Å². The number of aliphatic imine (C=N–C) groups is 1. The van der Waals surface area contributed by atoms with Crippen molar-refractivity contribution in [2.75, 3.05) is 26.7 Å². The van der Waals surface area contributed by atoms with Crippen LogP contribution in [0.1, 0.15) is 44.6 Å². The van der Waals surface area contributed by atoms with Crippen LogP contribution in [0.5, 0.6) is 0 Å². The Morgan fingerprint density at radius 2 is 2.00 bits per heavy atom. The van der Waals surface area contributed by atoms with Crippen LogP contribution in [-0.2, 0) is 14.9 Å². The number of carbonyl (C=O) groups is 1. The Hall–Kier alpha value is -0.830. The van der Waals surface area contributed by atoms with E-state index in [1.54, 1.807) is 0 Å². The molecule has 1 aliphatic carbocycles. The van der Waals surface area contributed by atoms with Gasteiger partial charge in [0, 0.05) is 29.4 Å². The first-order valence-electron chi connectivity index (χ1n) is 8.95. The number of carbonyl (C=O) groups excluding carboxylic acids is 1. The highest BCUT2D eigenvalue weighted by Gasteiger charge is 2.45. The van der Waals surface area contributed by atoms with E-state index in [1.807, 2.05) is 6.07 Å². The number of nitrogens with one attached hydrogen (secondary N) is 2. The molecule has 26 heavy (non-hydrogen) atoms. The monoisotopic (exact) mass is 537 g/mol. The Balaban J connectivity index is 0.00000338. The van der Waals surface area contributed by atoms with Gasteiger partial charge in [-0.3, -0.25) is 9.79 Å². The first-order chi connectivity index (χ1) is 12.1. The van der Waals surface area contributed by atoms with Crippen LogP contribution in [0.4, 0.5) is 0 Å². The Labute approximate surface area is 181 Å². The van der Waals surface area contributed by atoms with Crippen LogP contribution in [0.2, 0.25) is 0 Å². The molecule has 1 aromatic rings. The SMILES string of the molecule is CCNC(=NCC1(c2ccccc2Br)CC1)NCCCCC(=O)OC.I. The molecule has 0 amide bonds. The fourth-order valence-corrected chi connectivity index (χ4v) is 3.54. The predicted molar refractivity (Wildman–Crippen MR) is 120 cm³/mol. The van der Waals surface area contributed by atoms with Gasteiger partial charge in [-0.15, -0.1) is 24.0 Å². The lowest BCUT2D eigenvalue weighted by atomic mass is 9.96. The number of hydrogen-bond donors (Lipinski definition) is 2. The van der Waals surface area contributed by atoms with E-state index in [4.69, 9.17) is 4.99 Å². The van der Waals surface area contributed by atoms with Crippen LogP contribution in [0, 0.1) is 0 Å². The second-order valence-corrected chi connectivity index (χ2v) is 7.27. The highest BCUT2D eigenvalue weighted by Crippen LogP contribution is 2.50. The molecule has 0 heterocycles. The number of ether oxygens (including phenoxy) is 1. The molecule has 2 rings (SSSR count). The van der Waals surface area contributed by atoms with E-state index < -0.39 is 0 Å². The summed E-state index contributed by atoms with van der Waals surface area (Å²) in [7, 11) is 1.43. The van der Waals surface area contributed by atoms with Gasteiger partial charge in [-0.05, 0) is 44.2 Å². The minimum atomic E-state index is -0.148. The maximum atomic E-state index is 11.1. The van der Waals surface area contributed by atoms with E-state index >= 15 is 0 Å². The number of rotatable bonds is 9. The third-order valence-corrected chi connectivity index (χ3v) is 5.20. The molecule has 1 aromatic carbocycles. The fraction of sp³-hybridized carbons (Fsp3) is 0.579. The molecule has 0 aliphatic heterocycles. The summed E-state index contributed by atoms with van der Waals surface area (Å²) in [6.07, 6.45) is 4.56. The number of guanidine groups is 1. The predicted octanol–water partition coefficient (Wildman–Crippen LogP) is 4.00. The maximum Gasteiger partial charge on any atom is 0.305 e. The highest BCUT2D eigenvalue weighted by molar-refractivity contribution is 14.0. The third-order valence-electron chi connectivity index (χ3n) is 4.51. The van der Waals surface area contributed by atoms with Crippen LogP contribution in [0.25, 0.3) is 0 Å². The smallest absolute Gasteiger partial charge is 0.305 e. The minimum Gasteiger partial charge on any atom is -0.469 e. The zero-order valence-corrected chi connectivity index (χ0v) is 19.4. The van der Waals surface area contributed by atoms with Gasteiger partial charge >= 0.3 is 5.97 Å². The second-order valence-electron chi connectivity index (χ2n) is 6.42. The summed E-state index contributed by atoms with van der Waals surface area (Å²) in [5.74, 6) is 0.698. The van der Waals surface area contributed by atoms with Crippen LogP contribution in [0.15, 0.2) is 33.7 Å². The number of hydrogen-bond acceptors (Lipinski definition) is 3. The first-order valence-corrected chi connectivity index (χ1v) is 9.74. The molecule has 0 aromatic heterocycles. The molecular weight excluding hydrogens is 509 g/mol. The van der Waals surface area contributed by atoms with Gasteiger partial charge in [0.25, 0.3) is 0 Å². The van der Waals surface area contributed by atoms with Crippen molar-refractivity contribution in [3.8, 4) is 0 Å². The summed E-state index contributed by atoms with van der Waals surface area (Å²) in [5, 5.41) is 6.65. The van der Waals surface area contributed by atoms with Gasteiger partial charge in [-0.1, -0.05) is 34.1 Å². The minimum absolute atomic E-state index is 0. The van der Waals surface area contributed by atoms with E-state index in [0.29, 0.717) is 6.42 Å². The standard InChI is InChI=1S/C19H28BrN3O2.HI/c1-3-21-18(22-13-7-6-10-17(24)25-2)23-14-19(11-12-19)15-8-4-5-9-16(15)20;/h4-5,8-9H,3,6-7,10-14H2,1-2H3,(H2,21,22,23);1H. The Kier molecular flexibility index (Phi) is 10.5. The van der Waals surface area contributed by atoms with E-state index in [9.17, 15) is 4.79 Å². The van der Waals surface area contributed by atoms with Crippen LogP contribution in [-0.4, -0.2) is 38.7 Å². The Bertz CT molecular complexity index is 606. The third kappa shape index (κ3) is 7.06. The molecule has 0 spiro atoms. The molecule has 0 radical (unpaired) electrons.